The highest BCUT2D eigenvalue weighted by Gasteiger charge is 2.24. The lowest BCUT2D eigenvalue weighted by Gasteiger charge is -2.20. The summed E-state index contributed by atoms with van der Waals surface area (Å²) in [5, 5.41) is 0. The zero-order valence-electron chi connectivity index (χ0n) is 10.3. The molecule has 0 saturated carbocycles. The molecular weight excluding hydrogens is 216 g/mol. The molecule has 1 atom stereocenters. The van der Waals surface area contributed by atoms with Crippen LogP contribution in [0.5, 0.6) is 5.88 Å². The highest BCUT2D eigenvalue weighted by atomic mass is 16.5. The average Bonchev–Trinajstić information content (AvgIpc) is 2.91. The maximum atomic E-state index is 12.2. The average molecular weight is 234 g/mol. The molecule has 1 aromatic rings. The lowest BCUT2D eigenvalue weighted by Crippen LogP contribution is -2.31. The molecule has 0 bridgehead atoms. The van der Waals surface area contributed by atoms with Crippen molar-refractivity contribution in [2.45, 2.75) is 25.7 Å². The van der Waals surface area contributed by atoms with Gasteiger partial charge in [0.25, 0.3) is 0 Å². The Labute approximate surface area is 102 Å². The number of amides is 1. The molecule has 0 aromatic carbocycles. The van der Waals surface area contributed by atoms with E-state index in [0.29, 0.717) is 5.88 Å². The summed E-state index contributed by atoms with van der Waals surface area (Å²) < 4.78 is 5.07. The fourth-order valence-corrected chi connectivity index (χ4v) is 2.16. The number of aromatic nitrogens is 1. The third-order valence-electron chi connectivity index (χ3n) is 3.26. The molecule has 4 heteroatoms. The van der Waals surface area contributed by atoms with Crippen LogP contribution in [0.15, 0.2) is 18.3 Å². The Morgan fingerprint density at radius 2 is 2.18 bits per heavy atom. The van der Waals surface area contributed by atoms with E-state index in [9.17, 15) is 4.79 Å². The van der Waals surface area contributed by atoms with E-state index < -0.39 is 0 Å². The van der Waals surface area contributed by atoms with Crippen LogP contribution in [0, 0.1) is 0 Å². The molecule has 2 heterocycles. The van der Waals surface area contributed by atoms with Crippen LogP contribution < -0.4 is 4.74 Å². The summed E-state index contributed by atoms with van der Waals surface area (Å²) in [6.07, 6.45) is 3.93. The molecular formula is C13H18N2O2. The molecule has 0 spiro atoms. The summed E-state index contributed by atoms with van der Waals surface area (Å²) in [6, 6.07) is 3.71. The van der Waals surface area contributed by atoms with Crippen LogP contribution in [0.4, 0.5) is 0 Å². The molecule has 0 N–H and O–H groups in total. The van der Waals surface area contributed by atoms with Crippen molar-refractivity contribution in [3.05, 3.63) is 23.9 Å². The first-order valence-electron chi connectivity index (χ1n) is 6.01. The molecule has 1 aromatic heterocycles. The molecule has 1 saturated heterocycles. The van der Waals surface area contributed by atoms with Gasteiger partial charge in [-0.3, -0.25) is 4.79 Å². The van der Waals surface area contributed by atoms with Crippen LogP contribution in [0.3, 0.4) is 0 Å². The van der Waals surface area contributed by atoms with Crippen molar-refractivity contribution in [2.24, 2.45) is 0 Å². The maximum absolute atomic E-state index is 12.2. The molecule has 0 aliphatic carbocycles. The number of carbonyl (C=O) groups excluding carboxylic acids is 1. The van der Waals surface area contributed by atoms with Crippen LogP contribution >= 0.6 is 0 Å². The summed E-state index contributed by atoms with van der Waals surface area (Å²) in [5.74, 6) is 0.643. The lowest BCUT2D eigenvalue weighted by molar-refractivity contribution is -0.131. The predicted octanol–water partition coefficient (Wildman–Crippen LogP) is 1.82. The van der Waals surface area contributed by atoms with Gasteiger partial charge in [-0.05, 0) is 31.4 Å². The Morgan fingerprint density at radius 1 is 1.47 bits per heavy atom. The number of ether oxygens (including phenoxy) is 1. The number of likely N-dealkylation sites (tertiary alicyclic amines) is 1. The Kier molecular flexibility index (Phi) is 3.61. The Bertz CT molecular complexity index is 400. The van der Waals surface area contributed by atoms with E-state index in [2.05, 4.69) is 4.98 Å². The van der Waals surface area contributed by atoms with E-state index in [4.69, 9.17) is 4.74 Å². The minimum atomic E-state index is -0.120. The fourth-order valence-electron chi connectivity index (χ4n) is 2.16. The Hall–Kier alpha value is -1.58. The van der Waals surface area contributed by atoms with E-state index in [1.165, 1.54) is 0 Å². The first kappa shape index (κ1) is 11.9. The third-order valence-corrected chi connectivity index (χ3v) is 3.26. The molecule has 1 amide bonds. The third kappa shape index (κ3) is 2.57. The quantitative estimate of drug-likeness (QED) is 0.801. The minimum absolute atomic E-state index is 0.120. The van der Waals surface area contributed by atoms with Crippen molar-refractivity contribution >= 4 is 5.91 Å². The first-order chi connectivity index (χ1) is 8.22. The number of hydrogen-bond acceptors (Lipinski definition) is 3. The fraction of sp³-hybridized carbons (Fsp3) is 0.538. The van der Waals surface area contributed by atoms with Crippen molar-refractivity contribution in [1.82, 2.24) is 9.88 Å². The van der Waals surface area contributed by atoms with Crippen molar-refractivity contribution in [3.63, 3.8) is 0 Å². The van der Waals surface area contributed by atoms with Gasteiger partial charge in [0.1, 0.15) is 0 Å². The molecule has 92 valence electrons. The minimum Gasteiger partial charge on any atom is -0.481 e. The second-order valence-corrected chi connectivity index (χ2v) is 4.39. The second kappa shape index (κ2) is 5.17. The van der Waals surface area contributed by atoms with E-state index in [1.54, 1.807) is 13.3 Å². The summed E-state index contributed by atoms with van der Waals surface area (Å²) in [7, 11) is 1.58. The van der Waals surface area contributed by atoms with Gasteiger partial charge < -0.3 is 9.64 Å². The predicted molar refractivity (Wildman–Crippen MR) is 65.0 cm³/mol. The van der Waals surface area contributed by atoms with Gasteiger partial charge in [0.05, 0.1) is 13.0 Å². The van der Waals surface area contributed by atoms with Crippen LogP contribution in [0.1, 0.15) is 31.2 Å². The molecule has 0 unspecified atom stereocenters. The molecule has 4 nitrogen and oxygen atoms in total. The van der Waals surface area contributed by atoms with Gasteiger partial charge >= 0.3 is 0 Å². The van der Waals surface area contributed by atoms with Gasteiger partial charge in [-0.2, -0.15) is 0 Å². The Morgan fingerprint density at radius 3 is 2.82 bits per heavy atom. The van der Waals surface area contributed by atoms with Crippen molar-refractivity contribution in [2.75, 3.05) is 20.2 Å². The van der Waals surface area contributed by atoms with Gasteiger partial charge in [-0.25, -0.2) is 4.98 Å². The number of rotatable bonds is 3. The maximum Gasteiger partial charge on any atom is 0.229 e. The summed E-state index contributed by atoms with van der Waals surface area (Å²) in [4.78, 5) is 18.2. The SMILES string of the molecule is COc1cc([C@@H](C)C(=O)N2CCCC2)ccn1. The zero-order chi connectivity index (χ0) is 12.3. The van der Waals surface area contributed by atoms with E-state index >= 15 is 0 Å². The number of pyridine rings is 1. The second-order valence-electron chi connectivity index (χ2n) is 4.39. The monoisotopic (exact) mass is 234 g/mol. The van der Waals surface area contributed by atoms with Crippen LogP contribution in [-0.2, 0) is 4.79 Å². The van der Waals surface area contributed by atoms with E-state index in [-0.39, 0.29) is 11.8 Å². The highest BCUT2D eigenvalue weighted by molar-refractivity contribution is 5.83. The molecule has 1 fully saturated rings. The molecule has 0 radical (unpaired) electrons. The number of hydrogen-bond donors (Lipinski definition) is 0. The topological polar surface area (TPSA) is 42.4 Å². The van der Waals surface area contributed by atoms with Gasteiger partial charge in [0.2, 0.25) is 11.8 Å². The Balaban J connectivity index is 2.12. The number of methoxy groups -OCH3 is 1. The number of carbonyl (C=O) groups is 1. The van der Waals surface area contributed by atoms with Crippen molar-refractivity contribution < 1.29 is 9.53 Å². The molecule has 17 heavy (non-hydrogen) atoms. The van der Waals surface area contributed by atoms with Crippen LogP contribution in [0.2, 0.25) is 0 Å². The zero-order valence-corrected chi connectivity index (χ0v) is 10.3. The van der Waals surface area contributed by atoms with Gasteiger partial charge in [-0.15, -0.1) is 0 Å². The van der Waals surface area contributed by atoms with E-state index in [0.717, 1.165) is 31.5 Å². The normalized spacial score (nSPS) is 16.9. The molecule has 1 aliphatic heterocycles. The van der Waals surface area contributed by atoms with Gasteiger partial charge in [0.15, 0.2) is 0 Å². The summed E-state index contributed by atoms with van der Waals surface area (Å²) >= 11 is 0. The largest absolute Gasteiger partial charge is 0.481 e. The van der Waals surface area contributed by atoms with E-state index in [1.807, 2.05) is 24.0 Å². The van der Waals surface area contributed by atoms with Crippen LogP contribution in [-0.4, -0.2) is 36.0 Å². The lowest BCUT2D eigenvalue weighted by atomic mass is 10.0. The van der Waals surface area contributed by atoms with Crippen molar-refractivity contribution in [1.29, 1.82) is 0 Å². The van der Waals surface area contributed by atoms with Gasteiger partial charge in [-0.1, -0.05) is 0 Å². The van der Waals surface area contributed by atoms with Crippen LogP contribution in [0.25, 0.3) is 0 Å². The standard InChI is InChI=1S/C13H18N2O2/c1-10(13(16)15-7-3-4-8-15)11-5-6-14-12(9-11)17-2/h5-6,9-10H,3-4,7-8H2,1-2H3/t10-/m1/s1. The number of nitrogens with zero attached hydrogens (tertiary/aromatic N) is 2. The summed E-state index contributed by atoms with van der Waals surface area (Å²) in [6.45, 7) is 3.73. The molecule has 2 rings (SSSR count). The smallest absolute Gasteiger partial charge is 0.229 e. The first-order valence-corrected chi connectivity index (χ1v) is 6.01. The van der Waals surface area contributed by atoms with Crippen molar-refractivity contribution in [3.8, 4) is 5.88 Å². The molecule has 1 aliphatic rings. The summed E-state index contributed by atoms with van der Waals surface area (Å²) in [5.41, 5.74) is 0.966. The van der Waals surface area contributed by atoms with Gasteiger partial charge in [0, 0.05) is 25.4 Å². The highest BCUT2D eigenvalue weighted by Crippen LogP contribution is 2.22.